The van der Waals surface area contributed by atoms with Crippen molar-refractivity contribution in [2.75, 3.05) is 53.5 Å². The van der Waals surface area contributed by atoms with Crippen LogP contribution in [0.15, 0.2) is 55.4 Å². The minimum atomic E-state index is -0.526. The van der Waals surface area contributed by atoms with E-state index in [0.717, 1.165) is 66.9 Å². The number of carbonyl (C=O) groups excluding carboxylic acids is 1. The first-order valence-electron chi connectivity index (χ1n) is 11.9. The highest BCUT2D eigenvalue weighted by molar-refractivity contribution is 5.94. The summed E-state index contributed by atoms with van der Waals surface area (Å²) in [6, 6.07) is 11.4. The third-order valence-electron chi connectivity index (χ3n) is 6.48. The molecule has 0 aliphatic carbocycles. The van der Waals surface area contributed by atoms with E-state index >= 15 is 0 Å². The zero-order chi connectivity index (χ0) is 24.8. The number of likely N-dealkylation sites (N-methyl/N-ethyl adjacent to an activating group) is 1. The third kappa shape index (κ3) is 5.78. The van der Waals surface area contributed by atoms with Crippen molar-refractivity contribution in [2.24, 2.45) is 5.73 Å². The summed E-state index contributed by atoms with van der Waals surface area (Å²) in [6.07, 6.45) is 4.05. The smallest absolute Gasteiger partial charge is 0.228 e. The molecule has 3 aromatic rings. The molecular formula is C27H33N5O3. The summed E-state index contributed by atoms with van der Waals surface area (Å²) in [7, 11) is 3.80. The Morgan fingerprint density at radius 2 is 1.89 bits per heavy atom. The third-order valence-corrected chi connectivity index (χ3v) is 6.48. The number of rotatable bonds is 10. The first-order valence-corrected chi connectivity index (χ1v) is 11.9. The van der Waals surface area contributed by atoms with Crippen molar-refractivity contribution >= 4 is 16.8 Å². The second kappa shape index (κ2) is 11.3. The van der Waals surface area contributed by atoms with Crippen LogP contribution >= 0.6 is 0 Å². The Bertz CT molecular complexity index is 1170. The maximum atomic E-state index is 11.7. The molecule has 0 radical (unpaired) electrons. The van der Waals surface area contributed by atoms with Crippen LogP contribution in [0.3, 0.4) is 0 Å². The number of nitrogens with zero attached hydrogens (tertiary/aromatic N) is 4. The van der Waals surface area contributed by atoms with Crippen molar-refractivity contribution < 1.29 is 14.3 Å². The first-order chi connectivity index (χ1) is 17.0. The molecule has 0 bridgehead atoms. The number of fused-ring (bicyclic) bond motifs is 1. The van der Waals surface area contributed by atoms with Gasteiger partial charge in [0.15, 0.2) is 11.5 Å². The van der Waals surface area contributed by atoms with Crippen LogP contribution < -0.4 is 15.2 Å². The fourth-order valence-corrected chi connectivity index (χ4v) is 4.37. The molecule has 1 unspecified atom stereocenters. The fourth-order valence-electron chi connectivity index (χ4n) is 4.37. The van der Waals surface area contributed by atoms with Crippen molar-refractivity contribution in [2.45, 2.75) is 12.3 Å². The van der Waals surface area contributed by atoms with Crippen LogP contribution in [-0.2, 0) is 4.79 Å². The van der Waals surface area contributed by atoms with E-state index in [4.69, 9.17) is 15.2 Å². The Balaban J connectivity index is 1.50. The number of aromatic nitrogens is 2. The van der Waals surface area contributed by atoms with Crippen LogP contribution in [0.25, 0.3) is 22.2 Å². The summed E-state index contributed by atoms with van der Waals surface area (Å²) >= 11 is 0. The van der Waals surface area contributed by atoms with Crippen molar-refractivity contribution in [1.82, 2.24) is 19.8 Å². The SMILES string of the molecule is C=CC(C(N)=O)c1ccc(-c2ncnc3cc(OCCCN4CCN(C)CC4)c(OC)cc23)cc1. The van der Waals surface area contributed by atoms with Gasteiger partial charge < -0.3 is 25.0 Å². The lowest BCUT2D eigenvalue weighted by Gasteiger charge is -2.32. The zero-order valence-electron chi connectivity index (χ0n) is 20.4. The Labute approximate surface area is 206 Å². The second-order valence-corrected chi connectivity index (χ2v) is 8.83. The molecule has 35 heavy (non-hydrogen) atoms. The van der Waals surface area contributed by atoms with Crippen LogP contribution in [-0.4, -0.2) is 79.2 Å². The molecule has 0 saturated carbocycles. The largest absolute Gasteiger partial charge is 0.493 e. The van der Waals surface area contributed by atoms with Gasteiger partial charge in [0.05, 0.1) is 30.8 Å². The molecule has 0 spiro atoms. The van der Waals surface area contributed by atoms with Gasteiger partial charge >= 0.3 is 0 Å². The van der Waals surface area contributed by atoms with E-state index in [0.29, 0.717) is 18.1 Å². The van der Waals surface area contributed by atoms with Gasteiger partial charge in [-0.3, -0.25) is 4.79 Å². The Morgan fingerprint density at radius 1 is 1.14 bits per heavy atom. The van der Waals surface area contributed by atoms with Crippen LogP contribution in [0.1, 0.15) is 17.9 Å². The molecule has 184 valence electrons. The lowest BCUT2D eigenvalue weighted by Crippen LogP contribution is -2.44. The monoisotopic (exact) mass is 475 g/mol. The molecule has 2 N–H and O–H groups in total. The van der Waals surface area contributed by atoms with E-state index in [-0.39, 0.29) is 0 Å². The van der Waals surface area contributed by atoms with Gasteiger partial charge in [0, 0.05) is 49.7 Å². The summed E-state index contributed by atoms with van der Waals surface area (Å²) in [4.78, 5) is 25.5. The van der Waals surface area contributed by atoms with E-state index in [1.807, 2.05) is 36.4 Å². The highest BCUT2D eigenvalue weighted by Crippen LogP contribution is 2.35. The maximum absolute atomic E-state index is 11.7. The Kier molecular flexibility index (Phi) is 7.94. The predicted octanol–water partition coefficient (Wildman–Crippen LogP) is 3.08. The van der Waals surface area contributed by atoms with Crippen molar-refractivity contribution in [3.63, 3.8) is 0 Å². The van der Waals surface area contributed by atoms with Gasteiger partial charge in [-0.15, -0.1) is 6.58 Å². The van der Waals surface area contributed by atoms with E-state index in [9.17, 15) is 4.79 Å². The molecule has 8 nitrogen and oxygen atoms in total. The number of hydrogen-bond acceptors (Lipinski definition) is 7. The van der Waals surface area contributed by atoms with Gasteiger partial charge in [-0.2, -0.15) is 0 Å². The van der Waals surface area contributed by atoms with Crippen molar-refractivity contribution in [3.8, 4) is 22.8 Å². The number of benzene rings is 2. The van der Waals surface area contributed by atoms with E-state index in [1.165, 1.54) is 0 Å². The molecule has 1 aromatic heterocycles. The standard InChI is InChI=1S/C27H33N5O3/c1-4-21(27(28)33)19-6-8-20(9-7-19)26-22-16-24(34-3)25(17-23(22)29-18-30-26)35-15-5-10-32-13-11-31(2)12-14-32/h4,6-9,16-18,21H,1,5,10-15H2,2-3H3,(H2,28,33). The molecule has 1 amide bonds. The molecule has 2 aromatic carbocycles. The molecule has 1 saturated heterocycles. The fraction of sp³-hybridized carbons (Fsp3) is 0.370. The zero-order valence-corrected chi connectivity index (χ0v) is 20.4. The van der Waals surface area contributed by atoms with E-state index < -0.39 is 11.8 Å². The Hall–Kier alpha value is -3.49. The Morgan fingerprint density at radius 3 is 2.54 bits per heavy atom. The van der Waals surface area contributed by atoms with Gasteiger partial charge in [0.25, 0.3) is 0 Å². The number of carbonyl (C=O) groups is 1. The quantitative estimate of drug-likeness (QED) is 0.356. The van der Waals surface area contributed by atoms with Crippen molar-refractivity contribution in [3.05, 3.63) is 60.9 Å². The number of piperazine rings is 1. The van der Waals surface area contributed by atoms with E-state index in [2.05, 4.69) is 33.4 Å². The summed E-state index contributed by atoms with van der Waals surface area (Å²) in [6.45, 7) is 9.78. The number of ether oxygens (including phenoxy) is 2. The predicted molar refractivity (Wildman–Crippen MR) is 138 cm³/mol. The molecule has 2 heterocycles. The van der Waals surface area contributed by atoms with Crippen LogP contribution in [0.5, 0.6) is 11.5 Å². The van der Waals surface area contributed by atoms with Crippen molar-refractivity contribution in [1.29, 1.82) is 0 Å². The molecule has 8 heteroatoms. The summed E-state index contributed by atoms with van der Waals surface area (Å²) < 4.78 is 11.7. The number of primary amides is 1. The van der Waals surface area contributed by atoms with Crippen LogP contribution in [0.4, 0.5) is 0 Å². The second-order valence-electron chi connectivity index (χ2n) is 8.83. The van der Waals surface area contributed by atoms with Gasteiger partial charge in [0.1, 0.15) is 6.33 Å². The summed E-state index contributed by atoms with van der Waals surface area (Å²) in [5.74, 6) is 0.363. The molecule has 1 aliphatic heterocycles. The lowest BCUT2D eigenvalue weighted by molar-refractivity contribution is -0.118. The molecular weight excluding hydrogens is 442 g/mol. The topological polar surface area (TPSA) is 93.8 Å². The minimum Gasteiger partial charge on any atom is -0.493 e. The normalized spacial score (nSPS) is 15.6. The lowest BCUT2D eigenvalue weighted by atomic mass is 9.96. The number of nitrogens with two attached hydrogens (primary N) is 1. The average molecular weight is 476 g/mol. The maximum Gasteiger partial charge on any atom is 0.228 e. The number of amides is 1. The minimum absolute atomic E-state index is 0.430. The van der Waals surface area contributed by atoms with Crippen LogP contribution in [0, 0.1) is 0 Å². The van der Waals surface area contributed by atoms with Gasteiger partial charge in [-0.1, -0.05) is 30.3 Å². The number of hydrogen-bond donors (Lipinski definition) is 1. The molecule has 1 fully saturated rings. The van der Waals surface area contributed by atoms with Gasteiger partial charge in [0.2, 0.25) is 5.91 Å². The number of methoxy groups -OCH3 is 1. The highest BCUT2D eigenvalue weighted by atomic mass is 16.5. The highest BCUT2D eigenvalue weighted by Gasteiger charge is 2.17. The molecule has 1 aliphatic rings. The summed E-state index contributed by atoms with van der Waals surface area (Å²) in [5, 5.41) is 0.858. The molecule has 4 rings (SSSR count). The van der Waals surface area contributed by atoms with Gasteiger partial charge in [-0.05, 0) is 25.1 Å². The van der Waals surface area contributed by atoms with Crippen LogP contribution in [0.2, 0.25) is 0 Å². The molecule has 1 atom stereocenters. The summed E-state index contributed by atoms with van der Waals surface area (Å²) in [5.41, 5.74) is 8.71. The van der Waals surface area contributed by atoms with Gasteiger partial charge in [-0.25, -0.2) is 9.97 Å². The average Bonchev–Trinajstić information content (AvgIpc) is 2.87. The van der Waals surface area contributed by atoms with E-state index in [1.54, 1.807) is 19.5 Å². The first kappa shape index (κ1) is 24.6.